The molecule has 0 bridgehead atoms. The van der Waals surface area contributed by atoms with E-state index in [-0.39, 0.29) is 17.9 Å². The molecule has 4 nitrogen and oxygen atoms in total. The number of pyridine rings is 1. The van der Waals surface area contributed by atoms with Crippen molar-refractivity contribution in [1.82, 2.24) is 4.57 Å². The molecule has 0 unspecified atom stereocenters. The Balaban J connectivity index is 1.97. The second-order valence-corrected chi connectivity index (χ2v) is 3.77. The van der Waals surface area contributed by atoms with E-state index in [9.17, 15) is 9.18 Å². The van der Waals surface area contributed by atoms with Crippen molar-refractivity contribution in [3.05, 3.63) is 58.8 Å². The predicted octanol–water partition coefficient (Wildman–Crippen LogP) is 1.65. The normalized spacial score (nSPS) is 10.3. The smallest absolute Gasteiger partial charge is 0.250 e. The second-order valence-electron chi connectivity index (χ2n) is 3.77. The van der Waals surface area contributed by atoms with Gasteiger partial charge in [0.25, 0.3) is 5.56 Å². The third kappa shape index (κ3) is 2.88. The van der Waals surface area contributed by atoms with Gasteiger partial charge < -0.3 is 15.0 Å². The van der Waals surface area contributed by atoms with Crippen LogP contribution in [0.3, 0.4) is 0 Å². The van der Waals surface area contributed by atoms with Crippen LogP contribution in [0.25, 0.3) is 0 Å². The number of ether oxygens (including phenoxy) is 1. The van der Waals surface area contributed by atoms with Crippen LogP contribution < -0.4 is 16.0 Å². The van der Waals surface area contributed by atoms with E-state index in [0.29, 0.717) is 12.2 Å². The first-order chi connectivity index (χ1) is 8.66. The number of nitrogen functional groups attached to an aromatic ring is 1. The van der Waals surface area contributed by atoms with Gasteiger partial charge in [-0.25, -0.2) is 4.39 Å². The van der Waals surface area contributed by atoms with E-state index in [1.54, 1.807) is 24.4 Å². The molecule has 0 fully saturated rings. The first kappa shape index (κ1) is 12.2. The summed E-state index contributed by atoms with van der Waals surface area (Å²) in [6.07, 6.45) is 1.66. The number of anilines is 1. The maximum absolute atomic E-state index is 13.4. The first-order valence-corrected chi connectivity index (χ1v) is 5.50. The lowest BCUT2D eigenvalue weighted by Crippen LogP contribution is -2.21. The summed E-state index contributed by atoms with van der Waals surface area (Å²) >= 11 is 0. The molecule has 0 spiro atoms. The molecule has 1 heterocycles. The highest BCUT2D eigenvalue weighted by molar-refractivity contribution is 5.42. The molecule has 0 aliphatic carbocycles. The van der Waals surface area contributed by atoms with Gasteiger partial charge in [-0.3, -0.25) is 4.79 Å². The lowest BCUT2D eigenvalue weighted by Gasteiger charge is -2.09. The van der Waals surface area contributed by atoms with E-state index < -0.39 is 5.82 Å². The van der Waals surface area contributed by atoms with Crippen molar-refractivity contribution in [2.24, 2.45) is 0 Å². The minimum absolute atomic E-state index is 0.112. The fraction of sp³-hybridized carbons (Fsp3) is 0.154. The summed E-state index contributed by atoms with van der Waals surface area (Å²) in [7, 11) is 0. The number of nitrogens with two attached hydrogens (primary N) is 1. The number of hydrogen-bond donors (Lipinski definition) is 1. The average molecular weight is 248 g/mol. The van der Waals surface area contributed by atoms with Gasteiger partial charge in [0, 0.05) is 24.0 Å². The summed E-state index contributed by atoms with van der Waals surface area (Å²) in [5.41, 5.74) is 5.66. The Morgan fingerprint density at radius 1 is 1.28 bits per heavy atom. The van der Waals surface area contributed by atoms with Gasteiger partial charge in [-0.05, 0) is 18.2 Å². The van der Waals surface area contributed by atoms with Gasteiger partial charge >= 0.3 is 0 Å². The van der Waals surface area contributed by atoms with Crippen molar-refractivity contribution in [3.63, 3.8) is 0 Å². The maximum atomic E-state index is 13.4. The molecule has 18 heavy (non-hydrogen) atoms. The minimum atomic E-state index is -0.504. The van der Waals surface area contributed by atoms with Crippen LogP contribution in [0.5, 0.6) is 5.75 Å². The molecule has 5 heteroatoms. The average Bonchev–Trinajstić information content (AvgIpc) is 2.34. The van der Waals surface area contributed by atoms with Crippen LogP contribution in [-0.4, -0.2) is 11.2 Å². The highest BCUT2D eigenvalue weighted by Crippen LogP contribution is 2.19. The lowest BCUT2D eigenvalue weighted by molar-refractivity contribution is 0.283. The highest BCUT2D eigenvalue weighted by atomic mass is 19.1. The molecule has 0 saturated heterocycles. The quantitative estimate of drug-likeness (QED) is 0.837. The topological polar surface area (TPSA) is 57.2 Å². The van der Waals surface area contributed by atoms with Crippen LogP contribution in [0, 0.1) is 5.82 Å². The van der Waals surface area contributed by atoms with Gasteiger partial charge in [-0.2, -0.15) is 0 Å². The Kier molecular flexibility index (Phi) is 3.62. The van der Waals surface area contributed by atoms with E-state index in [1.807, 2.05) is 0 Å². The third-order valence-corrected chi connectivity index (χ3v) is 2.44. The summed E-state index contributed by atoms with van der Waals surface area (Å²) in [5.74, 6) is -0.372. The van der Waals surface area contributed by atoms with Crippen LogP contribution in [0.4, 0.5) is 10.1 Å². The first-order valence-electron chi connectivity index (χ1n) is 5.50. The molecule has 1 aromatic heterocycles. The monoisotopic (exact) mass is 248 g/mol. The van der Waals surface area contributed by atoms with Gasteiger partial charge in [0.2, 0.25) is 0 Å². The molecule has 94 valence electrons. The number of aromatic nitrogens is 1. The number of benzene rings is 1. The standard InChI is InChI=1S/C13H13FN2O2/c14-11-9-10(15)4-5-12(11)18-8-7-16-6-2-1-3-13(16)17/h1-6,9H,7-8,15H2. The molecule has 2 rings (SSSR count). The van der Waals surface area contributed by atoms with Gasteiger partial charge in [-0.15, -0.1) is 0 Å². The van der Waals surface area contributed by atoms with Crippen molar-refractivity contribution < 1.29 is 9.13 Å². The molecular weight excluding hydrogens is 235 g/mol. The zero-order valence-corrected chi connectivity index (χ0v) is 9.67. The number of hydrogen-bond acceptors (Lipinski definition) is 3. The Hall–Kier alpha value is -2.30. The summed E-state index contributed by atoms with van der Waals surface area (Å²) in [6, 6.07) is 9.11. The van der Waals surface area contributed by atoms with Crippen molar-refractivity contribution in [2.75, 3.05) is 12.3 Å². The number of rotatable bonds is 4. The minimum Gasteiger partial charge on any atom is -0.489 e. The predicted molar refractivity (Wildman–Crippen MR) is 67.0 cm³/mol. The van der Waals surface area contributed by atoms with Crippen molar-refractivity contribution in [3.8, 4) is 5.75 Å². The molecule has 1 aromatic carbocycles. The lowest BCUT2D eigenvalue weighted by atomic mass is 10.3. The SMILES string of the molecule is Nc1ccc(OCCn2ccccc2=O)c(F)c1. The van der Waals surface area contributed by atoms with Gasteiger partial charge in [-0.1, -0.05) is 6.07 Å². The van der Waals surface area contributed by atoms with Crippen LogP contribution >= 0.6 is 0 Å². The van der Waals surface area contributed by atoms with E-state index in [2.05, 4.69) is 0 Å². The maximum Gasteiger partial charge on any atom is 0.250 e. The van der Waals surface area contributed by atoms with Gasteiger partial charge in [0.05, 0.1) is 6.54 Å². The van der Waals surface area contributed by atoms with Crippen molar-refractivity contribution in [1.29, 1.82) is 0 Å². The molecule has 0 aliphatic rings. The van der Waals surface area contributed by atoms with Crippen molar-refractivity contribution >= 4 is 5.69 Å². The van der Waals surface area contributed by atoms with Gasteiger partial charge in [0.1, 0.15) is 6.61 Å². The van der Waals surface area contributed by atoms with Crippen LogP contribution in [0.2, 0.25) is 0 Å². The fourth-order valence-corrected chi connectivity index (χ4v) is 1.53. The summed E-state index contributed by atoms with van der Waals surface area (Å²) in [5, 5.41) is 0. The Morgan fingerprint density at radius 3 is 2.83 bits per heavy atom. The molecule has 0 radical (unpaired) electrons. The van der Waals surface area contributed by atoms with Crippen LogP contribution in [-0.2, 0) is 6.54 Å². The van der Waals surface area contributed by atoms with Crippen LogP contribution in [0.15, 0.2) is 47.4 Å². The number of nitrogens with zero attached hydrogens (tertiary/aromatic N) is 1. The van der Waals surface area contributed by atoms with Crippen molar-refractivity contribution in [2.45, 2.75) is 6.54 Å². The largest absolute Gasteiger partial charge is 0.489 e. The Morgan fingerprint density at radius 2 is 2.11 bits per heavy atom. The molecule has 0 amide bonds. The summed E-state index contributed by atoms with van der Waals surface area (Å²) < 4.78 is 20.1. The molecule has 0 saturated carbocycles. The van der Waals surface area contributed by atoms with Gasteiger partial charge in [0.15, 0.2) is 11.6 Å². The third-order valence-electron chi connectivity index (χ3n) is 2.44. The summed E-state index contributed by atoms with van der Waals surface area (Å²) in [6.45, 7) is 0.578. The van der Waals surface area contributed by atoms with E-state index in [1.165, 1.54) is 22.8 Å². The highest BCUT2D eigenvalue weighted by Gasteiger charge is 2.03. The summed E-state index contributed by atoms with van der Waals surface area (Å²) in [4.78, 5) is 11.4. The Bertz CT molecular complexity index is 596. The zero-order valence-electron chi connectivity index (χ0n) is 9.67. The zero-order chi connectivity index (χ0) is 13.0. The Labute approximate surface area is 103 Å². The molecular formula is C13H13FN2O2. The van der Waals surface area contributed by atoms with E-state index in [4.69, 9.17) is 10.5 Å². The molecule has 0 atom stereocenters. The van der Waals surface area contributed by atoms with Crippen LogP contribution in [0.1, 0.15) is 0 Å². The molecule has 2 N–H and O–H groups in total. The van der Waals surface area contributed by atoms with E-state index >= 15 is 0 Å². The fourth-order valence-electron chi connectivity index (χ4n) is 1.53. The van der Waals surface area contributed by atoms with E-state index in [0.717, 1.165) is 0 Å². The molecule has 2 aromatic rings. The number of halogens is 1. The second kappa shape index (κ2) is 5.35. The molecule has 0 aliphatic heterocycles.